The molecular formula is C21H15ClN2O4. The fraction of sp³-hybridized carbons (Fsp3) is 0.0476. The Hall–Kier alpha value is -3.35. The lowest BCUT2D eigenvalue weighted by Crippen LogP contribution is -2.06. The average molecular weight is 395 g/mol. The van der Waals surface area contributed by atoms with Gasteiger partial charge in [-0.25, -0.2) is 0 Å². The number of nitrogens with zero attached hydrogens (tertiary/aromatic N) is 1. The molecule has 0 aliphatic carbocycles. The van der Waals surface area contributed by atoms with E-state index >= 15 is 0 Å². The molecule has 0 fully saturated rings. The SMILES string of the molecule is NCc1cc(-c2ccncc2)c2oc(-c3ccc(O)c(Cl)c3)c(O)c(=O)c2c1. The van der Waals surface area contributed by atoms with Crippen molar-refractivity contribution in [1.82, 2.24) is 4.98 Å². The monoisotopic (exact) mass is 394 g/mol. The number of rotatable bonds is 3. The van der Waals surface area contributed by atoms with E-state index < -0.39 is 11.2 Å². The highest BCUT2D eigenvalue weighted by molar-refractivity contribution is 6.32. The fourth-order valence-electron chi connectivity index (χ4n) is 3.06. The topological polar surface area (TPSA) is 110 Å². The molecule has 0 bridgehead atoms. The number of benzene rings is 2. The molecule has 0 saturated carbocycles. The zero-order valence-corrected chi connectivity index (χ0v) is 15.3. The zero-order chi connectivity index (χ0) is 19.8. The fourth-order valence-corrected chi connectivity index (χ4v) is 3.24. The van der Waals surface area contributed by atoms with Crippen LogP contribution in [0.25, 0.3) is 33.4 Å². The van der Waals surface area contributed by atoms with Crippen LogP contribution in [0.1, 0.15) is 5.56 Å². The van der Waals surface area contributed by atoms with Crippen molar-refractivity contribution in [2.75, 3.05) is 0 Å². The van der Waals surface area contributed by atoms with Gasteiger partial charge in [0.2, 0.25) is 11.2 Å². The third-order valence-electron chi connectivity index (χ3n) is 4.46. The normalized spacial score (nSPS) is 11.1. The molecule has 0 radical (unpaired) electrons. The van der Waals surface area contributed by atoms with E-state index in [-0.39, 0.29) is 28.5 Å². The van der Waals surface area contributed by atoms with Crippen LogP contribution in [0.2, 0.25) is 5.02 Å². The average Bonchev–Trinajstić information content (AvgIpc) is 2.72. The van der Waals surface area contributed by atoms with Gasteiger partial charge in [-0.05, 0) is 53.6 Å². The van der Waals surface area contributed by atoms with Gasteiger partial charge in [0.25, 0.3) is 0 Å². The summed E-state index contributed by atoms with van der Waals surface area (Å²) in [6.07, 6.45) is 3.27. The largest absolute Gasteiger partial charge is 0.506 e. The van der Waals surface area contributed by atoms with Gasteiger partial charge >= 0.3 is 0 Å². The summed E-state index contributed by atoms with van der Waals surface area (Å²) >= 11 is 5.97. The summed E-state index contributed by atoms with van der Waals surface area (Å²) in [6.45, 7) is 0.226. The Morgan fingerprint density at radius 1 is 1.04 bits per heavy atom. The molecule has 4 N–H and O–H groups in total. The summed E-state index contributed by atoms with van der Waals surface area (Å²) in [5.74, 6) is -0.683. The van der Waals surface area contributed by atoms with Crippen molar-refractivity contribution in [3.8, 4) is 33.9 Å². The molecular weight excluding hydrogens is 380 g/mol. The highest BCUT2D eigenvalue weighted by Gasteiger charge is 2.19. The number of phenols is 1. The number of halogens is 1. The van der Waals surface area contributed by atoms with Gasteiger partial charge in [-0.1, -0.05) is 11.6 Å². The lowest BCUT2D eigenvalue weighted by molar-refractivity contribution is 0.449. The Morgan fingerprint density at radius 2 is 1.79 bits per heavy atom. The molecule has 0 saturated heterocycles. The van der Waals surface area contributed by atoms with E-state index in [1.165, 1.54) is 18.2 Å². The van der Waals surface area contributed by atoms with Crippen molar-refractivity contribution in [3.05, 3.63) is 75.7 Å². The molecule has 0 atom stereocenters. The van der Waals surface area contributed by atoms with E-state index in [4.69, 9.17) is 21.8 Å². The third kappa shape index (κ3) is 2.98. The maximum Gasteiger partial charge on any atom is 0.235 e. The molecule has 4 aromatic rings. The van der Waals surface area contributed by atoms with Crippen molar-refractivity contribution in [2.24, 2.45) is 5.73 Å². The van der Waals surface area contributed by atoms with Crippen molar-refractivity contribution < 1.29 is 14.6 Å². The first-order chi connectivity index (χ1) is 13.5. The summed E-state index contributed by atoms with van der Waals surface area (Å²) in [5.41, 5.74) is 8.05. The van der Waals surface area contributed by atoms with Crippen LogP contribution < -0.4 is 11.2 Å². The Morgan fingerprint density at radius 3 is 2.46 bits per heavy atom. The molecule has 0 amide bonds. The Balaban J connectivity index is 2.09. The summed E-state index contributed by atoms with van der Waals surface area (Å²) < 4.78 is 5.99. The molecule has 140 valence electrons. The van der Waals surface area contributed by atoms with E-state index in [1.54, 1.807) is 30.6 Å². The van der Waals surface area contributed by atoms with Gasteiger partial charge in [0.15, 0.2) is 5.76 Å². The maximum atomic E-state index is 12.9. The first-order valence-corrected chi connectivity index (χ1v) is 8.79. The van der Waals surface area contributed by atoms with Crippen LogP contribution in [-0.2, 0) is 6.54 Å². The lowest BCUT2D eigenvalue weighted by Gasteiger charge is -2.12. The molecule has 2 aromatic carbocycles. The summed E-state index contributed by atoms with van der Waals surface area (Å²) in [4.78, 5) is 16.9. The molecule has 6 nitrogen and oxygen atoms in total. The van der Waals surface area contributed by atoms with Crippen LogP contribution in [0.5, 0.6) is 11.5 Å². The third-order valence-corrected chi connectivity index (χ3v) is 4.77. The Kier molecular flexibility index (Phi) is 4.50. The highest BCUT2D eigenvalue weighted by atomic mass is 35.5. The Labute approximate surface area is 164 Å². The van der Waals surface area contributed by atoms with Gasteiger partial charge < -0.3 is 20.4 Å². The summed E-state index contributed by atoms with van der Waals surface area (Å²) in [7, 11) is 0. The molecule has 0 aliphatic rings. The van der Waals surface area contributed by atoms with Gasteiger partial charge in [0.05, 0.1) is 10.4 Å². The molecule has 28 heavy (non-hydrogen) atoms. The number of fused-ring (bicyclic) bond motifs is 1. The van der Waals surface area contributed by atoms with Crippen LogP contribution in [0.15, 0.2) is 64.1 Å². The zero-order valence-electron chi connectivity index (χ0n) is 14.5. The second-order valence-electron chi connectivity index (χ2n) is 6.24. The van der Waals surface area contributed by atoms with Gasteiger partial charge in [-0.15, -0.1) is 0 Å². The number of aromatic hydroxyl groups is 2. The van der Waals surface area contributed by atoms with E-state index in [9.17, 15) is 15.0 Å². The molecule has 7 heteroatoms. The maximum absolute atomic E-state index is 12.9. The van der Waals surface area contributed by atoms with E-state index in [1.807, 2.05) is 6.07 Å². The first kappa shape index (κ1) is 18.0. The summed E-state index contributed by atoms with van der Waals surface area (Å²) in [6, 6.07) is 11.3. The smallest absolute Gasteiger partial charge is 0.235 e. The molecule has 4 rings (SSSR count). The van der Waals surface area contributed by atoms with Crippen molar-refractivity contribution in [1.29, 1.82) is 0 Å². The van der Waals surface area contributed by atoms with E-state index in [2.05, 4.69) is 4.98 Å². The predicted molar refractivity (Wildman–Crippen MR) is 107 cm³/mol. The minimum Gasteiger partial charge on any atom is -0.506 e. The van der Waals surface area contributed by atoms with Crippen LogP contribution in [0, 0.1) is 0 Å². The second kappa shape index (κ2) is 6.99. The van der Waals surface area contributed by atoms with Crippen molar-refractivity contribution in [3.63, 3.8) is 0 Å². The molecule has 0 unspecified atom stereocenters. The number of pyridine rings is 1. The summed E-state index contributed by atoms with van der Waals surface area (Å²) in [5, 5.41) is 20.4. The highest BCUT2D eigenvalue weighted by Crippen LogP contribution is 2.37. The second-order valence-corrected chi connectivity index (χ2v) is 6.64. The Bertz CT molecular complexity index is 1250. The van der Waals surface area contributed by atoms with Crippen LogP contribution >= 0.6 is 11.6 Å². The van der Waals surface area contributed by atoms with E-state index in [0.29, 0.717) is 16.7 Å². The quantitative estimate of drug-likeness (QED) is 0.483. The van der Waals surface area contributed by atoms with Crippen LogP contribution in [-0.4, -0.2) is 15.2 Å². The van der Waals surface area contributed by atoms with Crippen molar-refractivity contribution >= 4 is 22.6 Å². The molecule has 2 heterocycles. The minimum absolute atomic E-state index is 0.0322. The number of hydrogen-bond acceptors (Lipinski definition) is 6. The molecule has 0 aliphatic heterocycles. The van der Waals surface area contributed by atoms with Crippen molar-refractivity contribution in [2.45, 2.75) is 6.54 Å². The predicted octanol–water partition coefficient (Wildman–Crippen LogP) is 4.05. The number of aromatic nitrogens is 1. The van der Waals surface area contributed by atoms with E-state index in [0.717, 1.165) is 11.1 Å². The van der Waals surface area contributed by atoms with Crippen LogP contribution in [0.4, 0.5) is 0 Å². The van der Waals surface area contributed by atoms with Gasteiger partial charge in [0, 0.05) is 30.1 Å². The minimum atomic E-state index is -0.578. The first-order valence-electron chi connectivity index (χ1n) is 8.41. The van der Waals surface area contributed by atoms with Gasteiger partial charge in [0.1, 0.15) is 11.3 Å². The molecule has 2 aromatic heterocycles. The number of hydrogen-bond donors (Lipinski definition) is 3. The number of phenolic OH excluding ortho intramolecular Hbond substituents is 1. The molecule has 0 spiro atoms. The van der Waals surface area contributed by atoms with Gasteiger partial charge in [-0.3, -0.25) is 9.78 Å². The lowest BCUT2D eigenvalue weighted by atomic mass is 9.99. The van der Waals surface area contributed by atoms with Gasteiger partial charge in [-0.2, -0.15) is 0 Å². The number of nitrogens with two attached hydrogens (primary N) is 1. The standard InChI is InChI=1S/C21H15ClN2O4/c22-16-9-13(1-2-17(16)25)20-19(27)18(26)15-8-11(10-23)7-14(21(15)28-20)12-3-5-24-6-4-12/h1-9,25,27H,10,23H2. The van der Waals surface area contributed by atoms with Crippen LogP contribution in [0.3, 0.4) is 0 Å².